The highest BCUT2D eigenvalue weighted by Gasteiger charge is 2.38. The number of hydrogen-bond acceptors (Lipinski definition) is 3. The maximum Gasteiger partial charge on any atom is 0.170 e. The summed E-state index contributed by atoms with van der Waals surface area (Å²) in [6, 6.07) is 3.78. The van der Waals surface area contributed by atoms with Gasteiger partial charge in [-0.25, -0.2) is 0 Å². The van der Waals surface area contributed by atoms with Crippen molar-refractivity contribution >= 4 is 16.8 Å². The molecule has 92 valence electrons. The Hall–Kier alpha value is -1.77. The number of ketones is 1. The number of furan rings is 1. The van der Waals surface area contributed by atoms with E-state index in [1.807, 2.05) is 19.1 Å². The van der Waals surface area contributed by atoms with E-state index in [0.29, 0.717) is 23.7 Å². The van der Waals surface area contributed by atoms with Gasteiger partial charge in [-0.05, 0) is 37.3 Å². The Morgan fingerprint density at radius 1 is 1.28 bits per heavy atom. The van der Waals surface area contributed by atoms with Gasteiger partial charge < -0.3 is 9.15 Å². The molecule has 1 aromatic carbocycles. The normalized spacial score (nSPS) is 22.9. The molecule has 0 bridgehead atoms. The number of rotatable bonds is 1. The molecule has 1 aliphatic carbocycles. The summed E-state index contributed by atoms with van der Waals surface area (Å²) in [5.41, 5.74) is 2.57. The van der Waals surface area contributed by atoms with Crippen molar-refractivity contribution < 1.29 is 13.9 Å². The molecule has 0 radical (unpaired) electrons. The second kappa shape index (κ2) is 3.37. The van der Waals surface area contributed by atoms with E-state index in [1.54, 1.807) is 6.26 Å². The number of fused-ring (bicyclic) bond motifs is 2. The van der Waals surface area contributed by atoms with Gasteiger partial charge in [0.05, 0.1) is 11.8 Å². The van der Waals surface area contributed by atoms with Gasteiger partial charge in [0, 0.05) is 17.9 Å². The van der Waals surface area contributed by atoms with Crippen molar-refractivity contribution in [1.82, 2.24) is 0 Å². The largest absolute Gasteiger partial charge is 0.489 e. The summed E-state index contributed by atoms with van der Waals surface area (Å²) in [4.78, 5) is 12.2. The van der Waals surface area contributed by atoms with Crippen LogP contribution in [0.3, 0.4) is 0 Å². The van der Waals surface area contributed by atoms with Crippen molar-refractivity contribution in [3.63, 3.8) is 0 Å². The van der Waals surface area contributed by atoms with Gasteiger partial charge in [0.15, 0.2) is 5.78 Å². The third-order valence-electron chi connectivity index (χ3n) is 3.98. The molecule has 2 aliphatic rings. The Labute approximate surface area is 105 Å². The molecule has 1 atom stereocenters. The highest BCUT2D eigenvalue weighted by atomic mass is 16.5. The van der Waals surface area contributed by atoms with E-state index in [9.17, 15) is 4.79 Å². The minimum Gasteiger partial charge on any atom is -0.489 e. The van der Waals surface area contributed by atoms with Crippen molar-refractivity contribution in [3.8, 4) is 5.75 Å². The third kappa shape index (κ3) is 1.40. The smallest absolute Gasteiger partial charge is 0.170 e. The van der Waals surface area contributed by atoms with E-state index < -0.39 is 0 Å². The zero-order chi connectivity index (χ0) is 12.3. The topological polar surface area (TPSA) is 39.4 Å². The molecule has 3 heteroatoms. The van der Waals surface area contributed by atoms with Crippen LogP contribution in [0.1, 0.15) is 35.2 Å². The average Bonchev–Trinajstić information content (AvgIpc) is 3.14. The molecule has 1 fully saturated rings. The molecule has 0 amide bonds. The van der Waals surface area contributed by atoms with Crippen LogP contribution in [-0.4, -0.2) is 11.9 Å². The molecule has 0 saturated heterocycles. The van der Waals surface area contributed by atoms with Crippen LogP contribution in [0.15, 0.2) is 22.8 Å². The van der Waals surface area contributed by atoms with E-state index in [1.165, 1.54) is 12.8 Å². The minimum atomic E-state index is 0.0820. The lowest BCUT2D eigenvalue weighted by Gasteiger charge is -2.25. The predicted molar refractivity (Wildman–Crippen MR) is 67.0 cm³/mol. The predicted octanol–water partition coefficient (Wildman–Crippen LogP) is 3.49. The van der Waals surface area contributed by atoms with E-state index in [0.717, 1.165) is 16.5 Å². The van der Waals surface area contributed by atoms with Gasteiger partial charge >= 0.3 is 0 Å². The van der Waals surface area contributed by atoms with Crippen molar-refractivity contribution in [2.24, 2.45) is 5.92 Å². The van der Waals surface area contributed by atoms with Gasteiger partial charge in [0.1, 0.15) is 17.4 Å². The van der Waals surface area contributed by atoms with Crippen LogP contribution in [0.2, 0.25) is 0 Å². The molecule has 1 unspecified atom stereocenters. The Kier molecular flexibility index (Phi) is 1.91. The first kappa shape index (κ1) is 10.2. The van der Waals surface area contributed by atoms with Gasteiger partial charge in [-0.1, -0.05) is 0 Å². The van der Waals surface area contributed by atoms with Gasteiger partial charge in [-0.2, -0.15) is 0 Å². The lowest BCUT2D eigenvalue weighted by atomic mass is 9.96. The van der Waals surface area contributed by atoms with Crippen LogP contribution in [0.4, 0.5) is 0 Å². The molecule has 18 heavy (non-hydrogen) atoms. The fraction of sp³-hybridized carbons (Fsp3) is 0.400. The number of Topliss-reactive ketones (excluding diaryl/α,β-unsaturated/α-hetero) is 1. The van der Waals surface area contributed by atoms with E-state index in [-0.39, 0.29) is 11.9 Å². The molecule has 1 aliphatic heterocycles. The molecule has 0 N–H and O–H groups in total. The van der Waals surface area contributed by atoms with Crippen LogP contribution in [0, 0.1) is 12.8 Å². The molecule has 1 aromatic heterocycles. The fourth-order valence-electron chi connectivity index (χ4n) is 2.73. The lowest BCUT2D eigenvalue weighted by Crippen LogP contribution is -2.28. The summed E-state index contributed by atoms with van der Waals surface area (Å²) in [7, 11) is 0. The standard InChI is InChI=1S/C15H14O3/c1-8-7-17-14-6-15-11(4-10(8)14)12(16)5-13(18-15)9-2-3-9/h4,6-7,9,13H,2-3,5H2,1H3. The molecule has 3 nitrogen and oxygen atoms in total. The summed E-state index contributed by atoms with van der Waals surface area (Å²) in [5, 5.41) is 1.01. The summed E-state index contributed by atoms with van der Waals surface area (Å²) >= 11 is 0. The minimum absolute atomic E-state index is 0.0820. The van der Waals surface area contributed by atoms with E-state index >= 15 is 0 Å². The number of ether oxygens (including phenoxy) is 1. The second-order valence-electron chi connectivity index (χ2n) is 5.38. The summed E-state index contributed by atoms with van der Waals surface area (Å²) in [6.45, 7) is 1.99. The van der Waals surface area contributed by atoms with Crippen molar-refractivity contribution in [1.29, 1.82) is 0 Å². The summed E-state index contributed by atoms with van der Waals surface area (Å²) in [5.74, 6) is 1.48. The van der Waals surface area contributed by atoms with Crippen molar-refractivity contribution in [2.45, 2.75) is 32.3 Å². The molecular weight excluding hydrogens is 228 g/mol. The molecule has 4 rings (SSSR count). The first-order valence-corrected chi connectivity index (χ1v) is 6.44. The number of aryl methyl sites for hydroxylation is 1. The number of benzene rings is 1. The number of carbonyl (C=O) groups is 1. The Balaban J connectivity index is 1.85. The first-order valence-electron chi connectivity index (χ1n) is 6.44. The second-order valence-corrected chi connectivity index (χ2v) is 5.38. The SMILES string of the molecule is Cc1coc2cc3c(cc12)C(=O)CC(C1CC1)O3. The maximum atomic E-state index is 12.2. The van der Waals surface area contributed by atoms with Gasteiger partial charge in [-0.15, -0.1) is 0 Å². The van der Waals surface area contributed by atoms with Crippen LogP contribution in [0.5, 0.6) is 5.75 Å². The Morgan fingerprint density at radius 2 is 2.11 bits per heavy atom. The average molecular weight is 242 g/mol. The summed E-state index contributed by atoms with van der Waals surface area (Å²) in [6.07, 6.45) is 4.71. The highest BCUT2D eigenvalue weighted by molar-refractivity contribution is 6.03. The zero-order valence-electron chi connectivity index (χ0n) is 10.2. The summed E-state index contributed by atoms with van der Waals surface area (Å²) < 4.78 is 11.4. The van der Waals surface area contributed by atoms with Crippen molar-refractivity contribution in [3.05, 3.63) is 29.5 Å². The highest BCUT2D eigenvalue weighted by Crippen LogP contribution is 2.41. The fourth-order valence-corrected chi connectivity index (χ4v) is 2.73. The van der Waals surface area contributed by atoms with E-state index in [4.69, 9.17) is 9.15 Å². The molecule has 1 saturated carbocycles. The van der Waals surface area contributed by atoms with Gasteiger partial charge in [0.25, 0.3) is 0 Å². The van der Waals surface area contributed by atoms with Crippen molar-refractivity contribution in [2.75, 3.05) is 0 Å². The third-order valence-corrected chi connectivity index (χ3v) is 3.98. The van der Waals surface area contributed by atoms with Gasteiger partial charge in [-0.3, -0.25) is 4.79 Å². The Morgan fingerprint density at radius 3 is 2.89 bits per heavy atom. The number of hydrogen-bond donors (Lipinski definition) is 0. The molecule has 2 aromatic rings. The molecule has 2 heterocycles. The van der Waals surface area contributed by atoms with Crippen LogP contribution < -0.4 is 4.74 Å². The quantitative estimate of drug-likeness (QED) is 0.768. The lowest BCUT2D eigenvalue weighted by molar-refractivity contribution is 0.0820. The maximum absolute atomic E-state index is 12.2. The van der Waals surface area contributed by atoms with E-state index in [2.05, 4.69) is 0 Å². The molecular formula is C15H14O3. The monoisotopic (exact) mass is 242 g/mol. The van der Waals surface area contributed by atoms with Crippen LogP contribution in [-0.2, 0) is 0 Å². The molecule has 0 spiro atoms. The number of carbonyl (C=O) groups excluding carboxylic acids is 1. The Bertz CT molecular complexity index is 649. The van der Waals surface area contributed by atoms with Crippen LogP contribution in [0.25, 0.3) is 11.0 Å². The van der Waals surface area contributed by atoms with Gasteiger partial charge in [0.2, 0.25) is 0 Å². The first-order chi connectivity index (χ1) is 8.72. The zero-order valence-corrected chi connectivity index (χ0v) is 10.2. The van der Waals surface area contributed by atoms with Crippen LogP contribution >= 0.6 is 0 Å².